The van der Waals surface area contributed by atoms with Gasteiger partial charge in [0.15, 0.2) is 11.5 Å². The first-order chi connectivity index (χ1) is 13.7. The molecule has 1 amide bonds. The van der Waals surface area contributed by atoms with E-state index in [1.54, 1.807) is 17.0 Å². The van der Waals surface area contributed by atoms with E-state index in [4.69, 9.17) is 13.9 Å². The third-order valence-electron chi connectivity index (χ3n) is 4.30. The van der Waals surface area contributed by atoms with Crippen molar-refractivity contribution in [3.05, 3.63) is 54.1 Å². The summed E-state index contributed by atoms with van der Waals surface area (Å²) in [5, 5.41) is 8.45. The second-order valence-electron chi connectivity index (χ2n) is 6.12. The number of carbonyl (C=O) groups excluding carboxylic acids is 1. The third kappa shape index (κ3) is 4.12. The highest BCUT2D eigenvalue weighted by atomic mass is 32.2. The summed E-state index contributed by atoms with van der Waals surface area (Å²) in [6.07, 6.45) is 0. The largest absolute Gasteiger partial charge is 0.454 e. The highest BCUT2D eigenvalue weighted by molar-refractivity contribution is 7.99. The smallest absolute Gasteiger partial charge is 0.277 e. The topological polar surface area (TPSA) is 77.7 Å². The predicted octanol–water partition coefficient (Wildman–Crippen LogP) is 3.61. The van der Waals surface area contributed by atoms with E-state index in [9.17, 15) is 4.79 Å². The lowest BCUT2D eigenvalue weighted by molar-refractivity contribution is -0.128. The second kappa shape index (κ2) is 8.35. The van der Waals surface area contributed by atoms with Gasteiger partial charge in [0, 0.05) is 18.7 Å². The molecule has 1 aliphatic rings. The van der Waals surface area contributed by atoms with Gasteiger partial charge >= 0.3 is 0 Å². The van der Waals surface area contributed by atoms with Gasteiger partial charge in [-0.1, -0.05) is 42.1 Å². The van der Waals surface area contributed by atoms with Crippen LogP contribution in [0.2, 0.25) is 0 Å². The molecule has 2 heterocycles. The molecule has 0 spiro atoms. The Labute approximate surface area is 166 Å². The van der Waals surface area contributed by atoms with E-state index in [1.165, 1.54) is 11.8 Å². The van der Waals surface area contributed by atoms with Crippen LogP contribution >= 0.6 is 11.8 Å². The molecule has 0 aliphatic carbocycles. The first-order valence-electron chi connectivity index (χ1n) is 8.91. The molecule has 0 atom stereocenters. The quantitative estimate of drug-likeness (QED) is 0.564. The molecule has 0 unspecified atom stereocenters. The number of benzene rings is 2. The molecule has 1 aliphatic heterocycles. The molecular weight excluding hydrogens is 378 g/mol. The van der Waals surface area contributed by atoms with Crippen molar-refractivity contribution in [2.24, 2.45) is 0 Å². The molecule has 0 fully saturated rings. The Morgan fingerprint density at radius 1 is 1.11 bits per heavy atom. The van der Waals surface area contributed by atoms with E-state index in [1.807, 2.05) is 43.3 Å². The maximum Gasteiger partial charge on any atom is 0.277 e. The molecule has 0 saturated heterocycles. The molecule has 0 N–H and O–H groups in total. The maximum absolute atomic E-state index is 12.5. The van der Waals surface area contributed by atoms with Crippen LogP contribution in [0.5, 0.6) is 11.5 Å². The standard InChI is InChI=1S/C20H19N3O4S/c1-2-23(11-14-6-4-3-5-7-14)18(24)12-28-20-22-21-19(27-20)15-8-9-16-17(10-15)26-13-25-16/h3-10H,2,11-13H2,1H3. The average molecular weight is 397 g/mol. The Balaban J connectivity index is 1.36. The van der Waals surface area contributed by atoms with Crippen LogP contribution < -0.4 is 9.47 Å². The molecule has 28 heavy (non-hydrogen) atoms. The van der Waals surface area contributed by atoms with E-state index in [0.717, 1.165) is 11.1 Å². The van der Waals surface area contributed by atoms with Crippen molar-refractivity contribution in [2.45, 2.75) is 18.7 Å². The van der Waals surface area contributed by atoms with Crippen LogP contribution in [-0.2, 0) is 11.3 Å². The molecule has 144 valence electrons. The number of hydrogen-bond donors (Lipinski definition) is 0. The van der Waals surface area contributed by atoms with Crippen molar-refractivity contribution < 1.29 is 18.7 Å². The number of amides is 1. The van der Waals surface area contributed by atoms with Crippen LogP contribution in [-0.4, -0.2) is 40.1 Å². The number of hydrogen-bond acceptors (Lipinski definition) is 7. The lowest BCUT2D eigenvalue weighted by Gasteiger charge is -2.20. The summed E-state index contributed by atoms with van der Waals surface area (Å²) in [6.45, 7) is 3.41. The Morgan fingerprint density at radius 3 is 2.75 bits per heavy atom. The SMILES string of the molecule is CCN(Cc1ccccc1)C(=O)CSc1nnc(-c2ccc3c(c2)OCO3)o1. The van der Waals surface area contributed by atoms with Gasteiger partial charge in [0.2, 0.25) is 18.6 Å². The van der Waals surface area contributed by atoms with Crippen molar-refractivity contribution in [2.75, 3.05) is 19.1 Å². The Bertz CT molecular complexity index is 961. The fourth-order valence-corrected chi connectivity index (χ4v) is 3.48. The number of aromatic nitrogens is 2. The van der Waals surface area contributed by atoms with Crippen LogP contribution in [0.3, 0.4) is 0 Å². The number of ether oxygens (including phenoxy) is 2. The zero-order chi connectivity index (χ0) is 19.3. The summed E-state index contributed by atoms with van der Waals surface area (Å²) < 4.78 is 16.4. The molecule has 0 radical (unpaired) electrons. The van der Waals surface area contributed by atoms with E-state index >= 15 is 0 Å². The zero-order valence-corrected chi connectivity index (χ0v) is 16.1. The number of rotatable bonds is 7. The monoisotopic (exact) mass is 397 g/mol. The van der Waals surface area contributed by atoms with Gasteiger partial charge in [-0.05, 0) is 30.7 Å². The number of carbonyl (C=O) groups is 1. The van der Waals surface area contributed by atoms with Crippen molar-refractivity contribution in [3.8, 4) is 23.0 Å². The van der Waals surface area contributed by atoms with E-state index in [-0.39, 0.29) is 18.5 Å². The van der Waals surface area contributed by atoms with Gasteiger partial charge in [-0.2, -0.15) is 0 Å². The highest BCUT2D eigenvalue weighted by Gasteiger charge is 2.18. The molecule has 0 bridgehead atoms. The number of nitrogens with zero attached hydrogens (tertiary/aromatic N) is 3. The van der Waals surface area contributed by atoms with Crippen molar-refractivity contribution in [3.63, 3.8) is 0 Å². The molecule has 0 saturated carbocycles. The lowest BCUT2D eigenvalue weighted by Crippen LogP contribution is -2.31. The van der Waals surface area contributed by atoms with Crippen LogP contribution in [0.25, 0.3) is 11.5 Å². The van der Waals surface area contributed by atoms with Crippen LogP contribution in [0.1, 0.15) is 12.5 Å². The fourth-order valence-electron chi connectivity index (χ4n) is 2.81. The summed E-state index contributed by atoms with van der Waals surface area (Å²) in [7, 11) is 0. The van der Waals surface area contributed by atoms with Gasteiger partial charge in [0.1, 0.15) is 0 Å². The number of fused-ring (bicyclic) bond motifs is 1. The first-order valence-corrected chi connectivity index (χ1v) is 9.89. The van der Waals surface area contributed by atoms with Gasteiger partial charge in [0.25, 0.3) is 5.22 Å². The van der Waals surface area contributed by atoms with Crippen molar-refractivity contribution >= 4 is 17.7 Å². The maximum atomic E-state index is 12.5. The molecular formula is C20H19N3O4S. The summed E-state index contributed by atoms with van der Waals surface area (Å²) in [5.74, 6) is 1.99. The zero-order valence-electron chi connectivity index (χ0n) is 15.3. The van der Waals surface area contributed by atoms with E-state index in [0.29, 0.717) is 35.7 Å². The van der Waals surface area contributed by atoms with Gasteiger partial charge < -0.3 is 18.8 Å². The average Bonchev–Trinajstić information content (AvgIpc) is 3.39. The third-order valence-corrected chi connectivity index (χ3v) is 5.10. The van der Waals surface area contributed by atoms with Gasteiger partial charge in [-0.25, -0.2) is 0 Å². The summed E-state index contributed by atoms with van der Waals surface area (Å²) in [5.41, 5.74) is 1.85. The second-order valence-corrected chi connectivity index (χ2v) is 7.05. The molecule has 8 heteroatoms. The molecule has 4 rings (SSSR count). The normalized spacial score (nSPS) is 12.2. The fraction of sp³-hybridized carbons (Fsp3) is 0.250. The minimum Gasteiger partial charge on any atom is -0.454 e. The van der Waals surface area contributed by atoms with Gasteiger partial charge in [0.05, 0.1) is 5.75 Å². The Kier molecular flexibility index (Phi) is 5.48. The minimum absolute atomic E-state index is 0.0270. The minimum atomic E-state index is 0.0270. The van der Waals surface area contributed by atoms with E-state index in [2.05, 4.69) is 10.2 Å². The molecule has 7 nitrogen and oxygen atoms in total. The summed E-state index contributed by atoms with van der Waals surface area (Å²) >= 11 is 1.24. The summed E-state index contributed by atoms with van der Waals surface area (Å²) in [4.78, 5) is 14.3. The van der Waals surface area contributed by atoms with Crippen LogP contribution in [0, 0.1) is 0 Å². The van der Waals surface area contributed by atoms with Crippen molar-refractivity contribution in [1.82, 2.24) is 15.1 Å². The highest BCUT2D eigenvalue weighted by Crippen LogP contribution is 2.36. The van der Waals surface area contributed by atoms with Crippen LogP contribution in [0.4, 0.5) is 0 Å². The lowest BCUT2D eigenvalue weighted by atomic mass is 10.2. The molecule has 2 aromatic carbocycles. The molecule has 1 aromatic heterocycles. The first kappa shape index (κ1) is 18.4. The summed E-state index contributed by atoms with van der Waals surface area (Å²) in [6, 6.07) is 15.4. The Morgan fingerprint density at radius 2 is 1.93 bits per heavy atom. The van der Waals surface area contributed by atoms with Crippen molar-refractivity contribution in [1.29, 1.82) is 0 Å². The van der Waals surface area contributed by atoms with Gasteiger partial charge in [-0.15, -0.1) is 10.2 Å². The number of thioether (sulfide) groups is 1. The molecule has 3 aromatic rings. The Hall–Kier alpha value is -3.00. The van der Waals surface area contributed by atoms with Gasteiger partial charge in [-0.3, -0.25) is 4.79 Å². The predicted molar refractivity (Wildman–Crippen MR) is 104 cm³/mol. The van der Waals surface area contributed by atoms with E-state index < -0.39 is 0 Å². The van der Waals surface area contributed by atoms with Crippen LogP contribution in [0.15, 0.2) is 58.2 Å².